The number of carbonyl (C=O) groups is 1. The highest BCUT2D eigenvalue weighted by atomic mass is 16.1. The molecule has 1 N–H and O–H groups in total. The molecule has 2 aliphatic rings. The van der Waals surface area contributed by atoms with E-state index in [1.165, 1.54) is 23.1 Å². The molecule has 1 saturated heterocycles. The summed E-state index contributed by atoms with van der Waals surface area (Å²) >= 11 is 0. The molecule has 25 heavy (non-hydrogen) atoms. The van der Waals surface area contributed by atoms with Gasteiger partial charge in [0.15, 0.2) is 0 Å². The minimum atomic E-state index is 0.0757. The van der Waals surface area contributed by atoms with Gasteiger partial charge in [0.1, 0.15) is 0 Å². The zero-order valence-electron chi connectivity index (χ0n) is 14.7. The maximum atomic E-state index is 12.4. The first-order valence-corrected chi connectivity index (χ1v) is 9.41. The van der Waals surface area contributed by atoms with Crippen LogP contribution in [-0.4, -0.2) is 37.0 Å². The molecular weight excluding hydrogens is 308 g/mol. The molecule has 3 heteroatoms. The van der Waals surface area contributed by atoms with Gasteiger partial charge in [-0.3, -0.25) is 4.79 Å². The lowest BCUT2D eigenvalue weighted by Crippen LogP contribution is -2.38. The molecule has 1 fully saturated rings. The Morgan fingerprint density at radius 1 is 1.08 bits per heavy atom. The fraction of sp³-hybridized carbons (Fsp3) is 0.409. The smallest absolute Gasteiger partial charge is 0.227 e. The molecule has 2 aromatic carbocycles. The van der Waals surface area contributed by atoms with E-state index >= 15 is 0 Å². The van der Waals surface area contributed by atoms with Crippen LogP contribution in [0.15, 0.2) is 54.6 Å². The van der Waals surface area contributed by atoms with E-state index < -0.39 is 0 Å². The largest absolute Gasteiger partial charge is 0.355 e. The fourth-order valence-electron chi connectivity index (χ4n) is 4.08. The summed E-state index contributed by atoms with van der Waals surface area (Å²) in [4.78, 5) is 14.9. The lowest BCUT2D eigenvalue weighted by atomic mass is 9.77. The fourth-order valence-corrected chi connectivity index (χ4v) is 4.08. The van der Waals surface area contributed by atoms with Crippen LogP contribution in [0, 0.1) is 5.92 Å². The van der Waals surface area contributed by atoms with Gasteiger partial charge in [-0.25, -0.2) is 0 Å². The predicted molar refractivity (Wildman–Crippen MR) is 101 cm³/mol. The summed E-state index contributed by atoms with van der Waals surface area (Å²) in [7, 11) is 0. The lowest BCUT2D eigenvalue weighted by Gasteiger charge is -2.29. The second-order valence-electron chi connectivity index (χ2n) is 7.39. The molecule has 0 unspecified atom stereocenters. The molecule has 0 aromatic heterocycles. The monoisotopic (exact) mass is 334 g/mol. The Bertz CT molecular complexity index is 728. The van der Waals surface area contributed by atoms with Crippen molar-refractivity contribution in [3.63, 3.8) is 0 Å². The van der Waals surface area contributed by atoms with Crippen LogP contribution in [0.3, 0.4) is 0 Å². The van der Waals surface area contributed by atoms with Gasteiger partial charge >= 0.3 is 0 Å². The summed E-state index contributed by atoms with van der Waals surface area (Å²) in [6, 6.07) is 19.0. The van der Waals surface area contributed by atoms with Gasteiger partial charge in [0.05, 0.1) is 5.92 Å². The first-order chi connectivity index (χ1) is 12.3. The predicted octanol–water partition coefficient (Wildman–Crippen LogP) is 3.01. The summed E-state index contributed by atoms with van der Waals surface area (Å²) in [5.41, 5.74) is 3.95. The zero-order chi connectivity index (χ0) is 17.1. The van der Waals surface area contributed by atoms with Crippen molar-refractivity contribution in [3.05, 3.63) is 71.3 Å². The highest BCUT2D eigenvalue weighted by molar-refractivity contribution is 5.86. The van der Waals surface area contributed by atoms with E-state index in [2.05, 4.69) is 58.7 Å². The molecule has 0 radical (unpaired) electrons. The van der Waals surface area contributed by atoms with Gasteiger partial charge in [0.2, 0.25) is 5.91 Å². The Hall–Kier alpha value is -2.13. The summed E-state index contributed by atoms with van der Waals surface area (Å²) in [6.07, 6.45) is 3.20. The number of carbonyl (C=O) groups excluding carboxylic acids is 1. The van der Waals surface area contributed by atoms with Gasteiger partial charge in [-0.05, 0) is 48.4 Å². The van der Waals surface area contributed by atoms with Crippen LogP contribution in [0.2, 0.25) is 0 Å². The third kappa shape index (κ3) is 3.77. The van der Waals surface area contributed by atoms with Crippen molar-refractivity contribution in [2.24, 2.45) is 5.92 Å². The third-order valence-electron chi connectivity index (χ3n) is 5.67. The molecule has 130 valence electrons. The number of nitrogens with zero attached hydrogens (tertiary/aromatic N) is 1. The molecule has 4 rings (SSSR count). The van der Waals surface area contributed by atoms with Crippen molar-refractivity contribution in [1.29, 1.82) is 0 Å². The van der Waals surface area contributed by atoms with E-state index in [-0.39, 0.29) is 11.8 Å². The Balaban J connectivity index is 1.19. The Morgan fingerprint density at radius 2 is 1.88 bits per heavy atom. The highest BCUT2D eigenvalue weighted by Crippen LogP contribution is 2.34. The van der Waals surface area contributed by atoms with Crippen molar-refractivity contribution >= 4 is 5.91 Å². The van der Waals surface area contributed by atoms with Gasteiger partial charge in [0, 0.05) is 19.6 Å². The highest BCUT2D eigenvalue weighted by Gasteiger charge is 2.32. The van der Waals surface area contributed by atoms with Crippen molar-refractivity contribution < 1.29 is 4.79 Å². The summed E-state index contributed by atoms with van der Waals surface area (Å²) in [6.45, 7) is 4.19. The molecular formula is C22H26N2O. The minimum Gasteiger partial charge on any atom is -0.355 e. The second kappa shape index (κ2) is 7.40. The molecule has 1 aliphatic heterocycles. The number of nitrogens with one attached hydrogen (secondary N) is 1. The van der Waals surface area contributed by atoms with Crippen LogP contribution in [0.25, 0.3) is 0 Å². The summed E-state index contributed by atoms with van der Waals surface area (Å²) in [5.74, 6) is 0.878. The van der Waals surface area contributed by atoms with Gasteiger partial charge < -0.3 is 10.2 Å². The molecule has 0 saturated carbocycles. The van der Waals surface area contributed by atoms with E-state index in [1.807, 2.05) is 6.07 Å². The summed E-state index contributed by atoms with van der Waals surface area (Å²) < 4.78 is 0. The summed E-state index contributed by atoms with van der Waals surface area (Å²) in [5, 5.41) is 3.20. The molecule has 0 spiro atoms. The van der Waals surface area contributed by atoms with Crippen LogP contribution >= 0.6 is 0 Å². The van der Waals surface area contributed by atoms with Crippen LogP contribution in [0.4, 0.5) is 0 Å². The topological polar surface area (TPSA) is 32.3 Å². The van der Waals surface area contributed by atoms with Crippen molar-refractivity contribution in [3.8, 4) is 0 Å². The van der Waals surface area contributed by atoms with Crippen LogP contribution in [0.1, 0.15) is 29.0 Å². The average Bonchev–Trinajstić information content (AvgIpc) is 3.08. The van der Waals surface area contributed by atoms with Gasteiger partial charge in [-0.1, -0.05) is 54.6 Å². The molecule has 1 amide bonds. The van der Waals surface area contributed by atoms with Crippen molar-refractivity contribution in [2.45, 2.75) is 25.2 Å². The molecule has 3 nitrogen and oxygen atoms in total. The first-order valence-electron chi connectivity index (χ1n) is 9.41. The van der Waals surface area contributed by atoms with Crippen LogP contribution in [0.5, 0.6) is 0 Å². The van der Waals surface area contributed by atoms with Crippen LogP contribution < -0.4 is 5.32 Å². The second-order valence-corrected chi connectivity index (χ2v) is 7.39. The Kier molecular flexibility index (Phi) is 4.84. The number of hydrogen-bond donors (Lipinski definition) is 1. The van der Waals surface area contributed by atoms with E-state index in [9.17, 15) is 4.79 Å². The third-order valence-corrected chi connectivity index (χ3v) is 5.67. The lowest BCUT2D eigenvalue weighted by molar-refractivity contribution is -0.123. The number of hydrogen-bond acceptors (Lipinski definition) is 2. The molecule has 1 heterocycles. The van der Waals surface area contributed by atoms with E-state index in [0.717, 1.165) is 39.0 Å². The van der Waals surface area contributed by atoms with Gasteiger partial charge in [-0.2, -0.15) is 0 Å². The maximum absolute atomic E-state index is 12.4. The average molecular weight is 334 g/mol. The van der Waals surface area contributed by atoms with Crippen molar-refractivity contribution in [1.82, 2.24) is 10.2 Å². The SMILES string of the molecule is O=C(NC[C@H]1CCN(CCc2ccccc2)C1)[C@@H]1Cc2ccccc21. The normalized spacial score (nSPS) is 22.2. The molecule has 0 bridgehead atoms. The Morgan fingerprint density at radius 3 is 2.72 bits per heavy atom. The number of fused-ring (bicyclic) bond motifs is 1. The minimum absolute atomic E-state index is 0.0757. The number of rotatable bonds is 6. The molecule has 2 aromatic rings. The first kappa shape index (κ1) is 16.3. The van der Waals surface area contributed by atoms with Gasteiger partial charge in [-0.15, -0.1) is 0 Å². The molecule has 1 aliphatic carbocycles. The standard InChI is InChI=1S/C22H26N2O/c25-22(21-14-19-8-4-5-9-20(19)21)23-15-18-11-13-24(16-18)12-10-17-6-2-1-3-7-17/h1-9,18,21H,10-16H2,(H,23,25)/t18-,21-/m1/s1. The van der Waals surface area contributed by atoms with E-state index in [0.29, 0.717) is 5.92 Å². The van der Waals surface area contributed by atoms with Crippen molar-refractivity contribution in [2.75, 3.05) is 26.2 Å². The van der Waals surface area contributed by atoms with E-state index in [4.69, 9.17) is 0 Å². The maximum Gasteiger partial charge on any atom is 0.227 e. The van der Waals surface area contributed by atoms with Crippen LogP contribution in [-0.2, 0) is 17.6 Å². The Labute approximate surface area is 150 Å². The van der Waals surface area contributed by atoms with Gasteiger partial charge in [0.25, 0.3) is 0 Å². The van der Waals surface area contributed by atoms with E-state index in [1.54, 1.807) is 0 Å². The number of benzene rings is 2. The number of likely N-dealkylation sites (tertiary alicyclic amines) is 1. The quantitative estimate of drug-likeness (QED) is 0.881. The number of amides is 1. The molecule has 2 atom stereocenters. The zero-order valence-corrected chi connectivity index (χ0v) is 14.7.